The van der Waals surface area contributed by atoms with Gasteiger partial charge in [-0.3, -0.25) is 19.3 Å². The maximum absolute atomic E-state index is 15.4. The number of nitrogens with zero attached hydrogens (tertiary/aromatic N) is 6. The van der Waals surface area contributed by atoms with E-state index in [1.807, 2.05) is 0 Å². The van der Waals surface area contributed by atoms with Crippen LogP contribution in [0.5, 0.6) is 0 Å². The average molecular weight is 646 g/mol. The summed E-state index contributed by atoms with van der Waals surface area (Å²) in [6, 6.07) is 8.67. The number of primary amides is 1. The highest BCUT2D eigenvalue weighted by atomic mass is 35.5. The fourth-order valence-electron chi connectivity index (χ4n) is 4.55. The molecule has 16 heteroatoms. The van der Waals surface area contributed by atoms with Crippen LogP contribution in [0, 0.1) is 11.6 Å². The maximum atomic E-state index is 15.4. The highest BCUT2D eigenvalue weighted by Crippen LogP contribution is 2.33. The van der Waals surface area contributed by atoms with Crippen LogP contribution in [0.1, 0.15) is 34.2 Å². The summed E-state index contributed by atoms with van der Waals surface area (Å²) in [5, 5.41) is 9.56. The minimum Gasteiger partial charge on any atom is -0.366 e. The van der Waals surface area contributed by atoms with Gasteiger partial charge in [-0.15, -0.1) is 4.68 Å². The summed E-state index contributed by atoms with van der Waals surface area (Å²) in [5.74, 6) is -2.88. The second kappa shape index (κ2) is 12.1. The Morgan fingerprint density at radius 2 is 1.80 bits per heavy atom. The van der Waals surface area contributed by atoms with E-state index in [-0.39, 0.29) is 39.7 Å². The Labute approximate surface area is 256 Å². The molecule has 10 nitrogen and oxygen atoms in total. The van der Waals surface area contributed by atoms with Crippen LogP contribution in [0.15, 0.2) is 67.3 Å². The Hall–Kier alpha value is -5.18. The maximum Gasteiger partial charge on any atom is 0.464 e. The predicted molar refractivity (Wildman–Crippen MR) is 151 cm³/mol. The smallest absolute Gasteiger partial charge is 0.366 e. The highest BCUT2D eigenvalue weighted by molar-refractivity contribution is 6.31. The first kappa shape index (κ1) is 31.3. The first-order valence-electron chi connectivity index (χ1n) is 13.1. The van der Waals surface area contributed by atoms with Crippen molar-refractivity contribution in [2.45, 2.75) is 18.6 Å². The topological polar surface area (TPSA) is 127 Å². The van der Waals surface area contributed by atoms with Crippen LogP contribution in [-0.4, -0.2) is 55.9 Å². The van der Waals surface area contributed by atoms with Crippen LogP contribution < -0.4 is 10.4 Å². The molecule has 5 rings (SSSR count). The third kappa shape index (κ3) is 6.38. The molecule has 3 aromatic heterocycles. The number of benzene rings is 2. The van der Waals surface area contributed by atoms with Gasteiger partial charge in [0.1, 0.15) is 11.9 Å². The van der Waals surface area contributed by atoms with Gasteiger partial charge in [0, 0.05) is 37.6 Å². The molecule has 45 heavy (non-hydrogen) atoms. The van der Waals surface area contributed by atoms with E-state index in [9.17, 15) is 27.2 Å². The van der Waals surface area contributed by atoms with Crippen molar-refractivity contribution in [3.63, 3.8) is 0 Å². The number of carbonyl (C=O) groups is 2. The van der Waals surface area contributed by atoms with Crippen molar-refractivity contribution in [2.75, 3.05) is 14.1 Å². The van der Waals surface area contributed by atoms with Gasteiger partial charge in [-0.1, -0.05) is 28.9 Å². The van der Waals surface area contributed by atoms with E-state index >= 15 is 4.39 Å². The lowest BCUT2D eigenvalue weighted by Gasteiger charge is -2.19. The minimum atomic E-state index is -4.73. The number of amides is 2. The van der Waals surface area contributed by atoms with E-state index in [0.29, 0.717) is 23.0 Å². The molecular weight excluding hydrogens is 623 g/mol. The fourth-order valence-corrected chi connectivity index (χ4v) is 4.70. The van der Waals surface area contributed by atoms with Gasteiger partial charge in [-0.05, 0) is 35.9 Å². The highest BCUT2D eigenvalue weighted by Gasteiger charge is 2.41. The second-order valence-electron chi connectivity index (χ2n) is 10.1. The van der Waals surface area contributed by atoms with E-state index in [0.717, 1.165) is 10.7 Å². The zero-order valence-corrected chi connectivity index (χ0v) is 24.2. The lowest BCUT2D eigenvalue weighted by molar-refractivity contribution is -0.659. The minimum absolute atomic E-state index is 0.0138. The number of alkyl halides is 3. The van der Waals surface area contributed by atoms with Crippen molar-refractivity contribution >= 4 is 23.4 Å². The first-order valence-corrected chi connectivity index (χ1v) is 13.5. The molecule has 3 N–H and O–H groups in total. The number of rotatable bonds is 8. The molecule has 2 amide bonds. The third-order valence-electron chi connectivity index (χ3n) is 6.92. The standard InChI is InChI=1S/C29H22ClF5N8O2/c1-41(2)25(44)10-23(42-13-17(12-38-42)15-3-5-18(28(36)45)20(31)9-15)21-7-4-16(11-37-21)26-22(8-6-19(30)27(26)32)43-14-24(39-40-43)29(33,34)35/h3-9,11-14,23H,10H2,1-2H3,(H2,36,45)/p+1. The Kier molecular flexibility index (Phi) is 8.38. The molecule has 5 aromatic rings. The molecule has 0 aliphatic heterocycles. The molecule has 0 saturated heterocycles. The number of H-pyrrole nitrogens is 1. The van der Waals surface area contributed by atoms with Gasteiger partial charge in [0.2, 0.25) is 5.91 Å². The summed E-state index contributed by atoms with van der Waals surface area (Å²) in [5.41, 5.74) is 4.94. The van der Waals surface area contributed by atoms with Crippen LogP contribution in [0.25, 0.3) is 27.9 Å². The van der Waals surface area contributed by atoms with Crippen molar-refractivity contribution in [3.05, 3.63) is 101 Å². The second-order valence-corrected chi connectivity index (χ2v) is 10.5. The lowest BCUT2D eigenvalue weighted by Crippen LogP contribution is -2.33. The quantitative estimate of drug-likeness (QED) is 0.186. The van der Waals surface area contributed by atoms with Crippen LogP contribution in [0.3, 0.4) is 0 Å². The molecule has 0 radical (unpaired) electrons. The molecule has 0 aliphatic carbocycles. The van der Waals surface area contributed by atoms with Crippen molar-refractivity contribution < 1.29 is 36.2 Å². The van der Waals surface area contributed by atoms with Gasteiger partial charge >= 0.3 is 11.9 Å². The molecule has 232 valence electrons. The third-order valence-corrected chi connectivity index (χ3v) is 7.22. The number of nitrogens with two attached hydrogens (primary N) is 1. The Bertz CT molecular complexity index is 1900. The summed E-state index contributed by atoms with van der Waals surface area (Å²) < 4.78 is 71.7. The van der Waals surface area contributed by atoms with E-state index in [2.05, 4.69) is 20.4 Å². The number of hydrogen-bond acceptors (Lipinski definition) is 5. The molecule has 0 spiro atoms. The Morgan fingerprint density at radius 3 is 2.40 bits per heavy atom. The summed E-state index contributed by atoms with van der Waals surface area (Å²) >= 11 is 6.03. The monoisotopic (exact) mass is 645 g/mol. The number of nitrogens with one attached hydrogen (secondary N) is 1. The zero-order valence-electron chi connectivity index (χ0n) is 23.5. The lowest BCUT2D eigenvalue weighted by atomic mass is 10.0. The summed E-state index contributed by atoms with van der Waals surface area (Å²) in [7, 11) is 3.16. The van der Waals surface area contributed by atoms with Crippen molar-refractivity contribution in [1.82, 2.24) is 30.0 Å². The summed E-state index contributed by atoms with van der Waals surface area (Å²) in [4.78, 5) is 30.0. The molecular formula is C29H23ClF5N8O2+. The number of pyridine rings is 1. The van der Waals surface area contributed by atoms with Gasteiger partial charge in [0.25, 0.3) is 5.91 Å². The Morgan fingerprint density at radius 1 is 1.07 bits per heavy atom. The number of aromatic amines is 1. The number of aromatic nitrogens is 6. The SMILES string of the molecule is CN(C)C(=O)CC(c1ccc(-c2c(-[n+]3cc(C(F)(F)F)n[nH]3)ccc(Cl)c2F)cn1)n1cc(-c2ccc(C(N)=O)c(F)c2)cn1. The average Bonchev–Trinajstić information content (AvgIpc) is 3.68. The molecule has 0 aliphatic rings. The molecule has 2 aromatic carbocycles. The van der Waals surface area contributed by atoms with Crippen LogP contribution in [0.2, 0.25) is 5.02 Å². The number of hydrogen-bond donors (Lipinski definition) is 2. The first-order chi connectivity index (χ1) is 21.2. The predicted octanol–water partition coefficient (Wildman–Crippen LogP) is 4.73. The molecule has 1 unspecified atom stereocenters. The van der Waals surface area contributed by atoms with Crippen molar-refractivity contribution in [2.24, 2.45) is 5.73 Å². The largest absolute Gasteiger partial charge is 0.464 e. The van der Waals surface area contributed by atoms with E-state index in [1.54, 1.807) is 20.3 Å². The summed E-state index contributed by atoms with van der Waals surface area (Å²) in [6.45, 7) is 0. The molecule has 0 saturated carbocycles. The molecule has 0 fully saturated rings. The van der Waals surface area contributed by atoms with Crippen molar-refractivity contribution in [1.29, 1.82) is 0 Å². The number of carbonyl (C=O) groups excluding carboxylic acids is 2. The number of halogens is 6. The van der Waals surface area contributed by atoms with E-state index < -0.39 is 35.5 Å². The van der Waals surface area contributed by atoms with Crippen LogP contribution in [0.4, 0.5) is 22.0 Å². The Balaban J connectivity index is 1.53. The summed E-state index contributed by atoms with van der Waals surface area (Å²) in [6.07, 6.45) is 0.178. The van der Waals surface area contributed by atoms with Gasteiger partial charge < -0.3 is 10.6 Å². The van der Waals surface area contributed by atoms with Crippen molar-refractivity contribution in [3.8, 4) is 27.9 Å². The zero-order chi connectivity index (χ0) is 32.6. The molecule has 0 bridgehead atoms. The van der Waals surface area contributed by atoms with Gasteiger partial charge in [-0.2, -0.15) is 18.3 Å². The fraction of sp³-hybridized carbons (Fsp3) is 0.172. The molecule has 3 heterocycles. The van der Waals surface area contributed by atoms with Gasteiger partial charge in [0.05, 0.1) is 39.6 Å². The van der Waals surface area contributed by atoms with Crippen LogP contribution in [-0.2, 0) is 11.0 Å². The van der Waals surface area contributed by atoms with E-state index in [4.69, 9.17) is 17.3 Å². The van der Waals surface area contributed by atoms with Gasteiger partial charge in [-0.25, -0.2) is 8.78 Å². The van der Waals surface area contributed by atoms with E-state index in [1.165, 1.54) is 58.4 Å². The van der Waals surface area contributed by atoms with Crippen LogP contribution >= 0.6 is 11.6 Å². The normalized spacial score (nSPS) is 12.3. The molecule has 1 atom stereocenters. The van der Waals surface area contributed by atoms with Gasteiger partial charge in [0.15, 0.2) is 17.7 Å².